The van der Waals surface area contributed by atoms with Gasteiger partial charge in [-0.25, -0.2) is 0 Å². The summed E-state index contributed by atoms with van der Waals surface area (Å²) in [7, 11) is 0. The maximum absolute atomic E-state index is 8.00. The van der Waals surface area contributed by atoms with Gasteiger partial charge >= 0.3 is 26.2 Å². The van der Waals surface area contributed by atoms with E-state index in [-0.39, 0.29) is 31.7 Å². The molecule has 0 aliphatic rings. The van der Waals surface area contributed by atoms with Gasteiger partial charge < -0.3 is 66.2 Å². The first-order valence-electron chi connectivity index (χ1n) is 2.19. The average molecular weight is 387 g/mol. The Morgan fingerprint density at radius 1 is 0.400 bits per heavy atom. The SMILES string of the molecule is O=N[O-].O=N[O-].O=N[O-].O=N[O-].O=N[O-].O=N[O-].[OH4+2].[Zr+4]. The van der Waals surface area contributed by atoms with E-state index in [0.29, 0.717) is 0 Å². The molecule has 0 heterocycles. The fourth-order valence-corrected chi connectivity index (χ4v) is 0. The van der Waals surface area contributed by atoms with Crippen LogP contribution in [0.4, 0.5) is 0 Å². The van der Waals surface area contributed by atoms with Crippen LogP contribution >= 0.6 is 0 Å². The summed E-state index contributed by atoms with van der Waals surface area (Å²) in [6.07, 6.45) is 0. The summed E-state index contributed by atoms with van der Waals surface area (Å²) in [6.45, 7) is 0. The van der Waals surface area contributed by atoms with E-state index in [1.54, 1.807) is 0 Å². The van der Waals surface area contributed by atoms with Crippen LogP contribution in [-0.2, 0) is 31.7 Å². The first-order chi connectivity index (χ1) is 8.49. The second-order valence-corrected chi connectivity index (χ2v) is 0.447. The van der Waals surface area contributed by atoms with Gasteiger partial charge in [-0.05, 0) is 0 Å². The molecule has 0 bridgehead atoms. The third-order valence-electron chi connectivity index (χ3n) is 0. The van der Waals surface area contributed by atoms with E-state index in [0.717, 1.165) is 32.0 Å². The number of nitrogens with zero attached hydrogens (tertiary/aromatic N) is 6. The summed E-state index contributed by atoms with van der Waals surface area (Å²) in [6, 6.07) is 0. The average Bonchev–Trinajstić information content (AvgIpc) is 2.23. The van der Waals surface area contributed by atoms with E-state index < -0.39 is 0 Å². The molecular formula is H4N6O13Zr. The molecule has 0 fully saturated rings. The zero-order chi connectivity index (χ0) is 16.2. The number of hydrogen-bond donors (Lipinski definition) is 0. The quantitative estimate of drug-likeness (QED) is 0.400. The first kappa shape index (κ1) is 53.2. The van der Waals surface area contributed by atoms with Crippen molar-refractivity contribution < 1.29 is 31.7 Å². The Labute approximate surface area is 125 Å². The second kappa shape index (κ2) is 359. The summed E-state index contributed by atoms with van der Waals surface area (Å²) in [5.41, 5.74) is 0. The Morgan fingerprint density at radius 3 is 0.400 bits per heavy atom. The Balaban J connectivity index is -0.0000000141. The Kier molecular flexibility index (Phi) is 955. The van der Waals surface area contributed by atoms with Crippen molar-refractivity contribution in [2.75, 3.05) is 0 Å². The zero-order valence-corrected chi connectivity index (χ0v) is 11.2. The summed E-state index contributed by atoms with van der Waals surface area (Å²) >= 11 is 0. The van der Waals surface area contributed by atoms with E-state index in [1.807, 2.05) is 0 Å². The standard InChI is InChI=1S/6HNO2.H4O.Zr/c6*2-1-3;;/h6*(H,2,3);1H4;/q;;;;;;+2;+4/p-6. The van der Waals surface area contributed by atoms with Crippen LogP contribution in [0.2, 0.25) is 0 Å². The van der Waals surface area contributed by atoms with E-state index in [9.17, 15) is 0 Å². The fourth-order valence-electron chi connectivity index (χ4n) is 0. The minimum atomic E-state index is 0. The molecule has 4 N–H and O–H groups in total. The summed E-state index contributed by atoms with van der Waals surface area (Å²) in [5, 5.41) is 54.0. The minimum Gasteiger partial charge on any atom is -0.873 e. The van der Waals surface area contributed by atoms with Gasteiger partial charge in [0, 0.05) is 0 Å². The van der Waals surface area contributed by atoms with Gasteiger partial charge in [-0.1, -0.05) is 0 Å². The fraction of sp³-hybridized carbons (Fsp3) is 0. The number of rotatable bonds is 0. The molecule has 19 nitrogen and oxygen atoms in total. The van der Waals surface area contributed by atoms with Crippen LogP contribution < -0.4 is 0 Å². The van der Waals surface area contributed by atoms with E-state index in [2.05, 4.69) is 0 Å². The first-order valence-corrected chi connectivity index (χ1v) is 2.19. The molecule has 0 aromatic heterocycles. The molecule has 0 aromatic carbocycles. The maximum Gasteiger partial charge on any atom is 4.00 e. The van der Waals surface area contributed by atoms with Gasteiger partial charge in [0.05, 0.1) is 0 Å². The Morgan fingerprint density at radius 2 is 0.400 bits per heavy atom. The molecule has 0 rings (SSSR count). The van der Waals surface area contributed by atoms with Crippen LogP contribution in [0.3, 0.4) is 0 Å². The van der Waals surface area contributed by atoms with Crippen molar-refractivity contribution in [2.45, 2.75) is 0 Å². The van der Waals surface area contributed by atoms with Crippen LogP contribution in [0.1, 0.15) is 0 Å². The van der Waals surface area contributed by atoms with Crippen molar-refractivity contribution in [3.8, 4) is 0 Å². The molecule has 0 aromatic rings. The third kappa shape index (κ3) is 407. The van der Waals surface area contributed by atoms with Crippen molar-refractivity contribution in [3.63, 3.8) is 0 Å². The van der Waals surface area contributed by atoms with Crippen molar-refractivity contribution in [1.29, 1.82) is 0 Å². The zero-order valence-electron chi connectivity index (χ0n) is 8.79. The van der Waals surface area contributed by atoms with Crippen LogP contribution in [-0.4, -0.2) is 0 Å². The molecule has 0 atom stereocenters. The summed E-state index contributed by atoms with van der Waals surface area (Å²) in [4.78, 5) is 48.0. The van der Waals surface area contributed by atoms with Crippen molar-refractivity contribution in [2.24, 2.45) is 32.0 Å². The molecule has 0 aliphatic carbocycles. The molecule has 0 spiro atoms. The van der Waals surface area contributed by atoms with E-state index in [4.69, 9.17) is 60.7 Å². The number of hydrogen-bond acceptors (Lipinski definition) is 18. The van der Waals surface area contributed by atoms with Crippen molar-refractivity contribution >= 4 is 0 Å². The van der Waals surface area contributed by atoms with Crippen LogP contribution in [0.25, 0.3) is 0 Å². The van der Waals surface area contributed by atoms with Gasteiger partial charge in [0.25, 0.3) is 0 Å². The smallest absolute Gasteiger partial charge is 0.873 e. The minimum absolute atomic E-state index is 0. The van der Waals surface area contributed by atoms with Gasteiger partial charge in [-0.3, -0.25) is 0 Å². The predicted molar refractivity (Wildman–Crippen MR) is 61.2 cm³/mol. The normalized spacial score (nSPS) is 3.60. The van der Waals surface area contributed by atoms with Gasteiger partial charge in [-0.2, -0.15) is 0 Å². The molecule has 20 heavy (non-hydrogen) atoms. The van der Waals surface area contributed by atoms with Gasteiger partial charge in [-0.15, -0.1) is 32.0 Å². The largest absolute Gasteiger partial charge is 4.00 e. The molecule has 116 valence electrons. The molecule has 20 heteroatoms. The predicted octanol–water partition coefficient (Wildman–Crippen LogP) is 0.312. The van der Waals surface area contributed by atoms with Gasteiger partial charge in [0.15, 0.2) is 0 Å². The monoisotopic (exact) mass is 386 g/mol. The summed E-state index contributed by atoms with van der Waals surface area (Å²) in [5.74, 6) is 0. The van der Waals surface area contributed by atoms with Crippen molar-refractivity contribution in [1.82, 2.24) is 0 Å². The van der Waals surface area contributed by atoms with Gasteiger partial charge in [0.2, 0.25) is 0 Å². The van der Waals surface area contributed by atoms with Crippen LogP contribution in [0.15, 0.2) is 32.0 Å². The topological polar surface area (TPSA) is 349 Å². The van der Waals surface area contributed by atoms with E-state index >= 15 is 0 Å². The Hall–Kier alpha value is -2.76. The summed E-state index contributed by atoms with van der Waals surface area (Å²) < 4.78 is 0. The Bertz CT molecular complexity index is 114. The maximum atomic E-state index is 8.00. The molecule has 0 amide bonds. The molecule has 0 saturated heterocycles. The molecular weight excluding hydrogens is 383 g/mol. The second-order valence-electron chi connectivity index (χ2n) is 0.447. The van der Waals surface area contributed by atoms with Crippen molar-refractivity contribution in [3.05, 3.63) is 60.7 Å². The van der Waals surface area contributed by atoms with Crippen LogP contribution in [0, 0.1) is 60.7 Å². The molecule has 0 aliphatic heterocycles. The molecule has 0 saturated carbocycles. The third-order valence-corrected chi connectivity index (χ3v) is 0. The van der Waals surface area contributed by atoms with Gasteiger partial charge in [0.1, 0.15) is 0 Å². The van der Waals surface area contributed by atoms with E-state index in [1.165, 1.54) is 0 Å². The molecule has 0 radical (unpaired) electrons. The van der Waals surface area contributed by atoms with Crippen LogP contribution in [0.5, 0.6) is 0 Å². The molecule has 0 unspecified atom stereocenters.